The zero-order chi connectivity index (χ0) is 18.5. The second-order valence-corrected chi connectivity index (χ2v) is 7.34. The normalized spacial score (nSPS) is 10.7. The molecule has 0 amide bonds. The molecule has 1 aromatic heterocycles. The maximum absolute atomic E-state index is 13.7. The van der Waals surface area contributed by atoms with E-state index in [1.54, 1.807) is 36.4 Å². The third kappa shape index (κ3) is 5.06. The summed E-state index contributed by atoms with van der Waals surface area (Å²) in [6, 6.07) is 11.5. The predicted octanol–water partition coefficient (Wildman–Crippen LogP) is 5.13. The Morgan fingerprint density at radius 3 is 2.73 bits per heavy atom. The van der Waals surface area contributed by atoms with Crippen molar-refractivity contribution in [1.29, 1.82) is 0 Å². The van der Waals surface area contributed by atoms with Crippen molar-refractivity contribution < 1.29 is 18.3 Å². The van der Waals surface area contributed by atoms with E-state index in [0.717, 1.165) is 17.3 Å². The molecule has 0 aliphatic rings. The maximum atomic E-state index is 13.7. The minimum Gasteiger partial charge on any atom is -0.460 e. The summed E-state index contributed by atoms with van der Waals surface area (Å²) in [4.78, 5) is 11.8. The Bertz CT molecular complexity index is 921. The van der Waals surface area contributed by atoms with E-state index in [1.807, 2.05) is 0 Å². The third-order valence-electron chi connectivity index (χ3n) is 3.21. The lowest BCUT2D eigenvalue weighted by molar-refractivity contribution is -0.141. The summed E-state index contributed by atoms with van der Waals surface area (Å²) in [7, 11) is 0. The number of halogens is 3. The first-order valence-electron chi connectivity index (χ1n) is 7.33. The van der Waals surface area contributed by atoms with Gasteiger partial charge in [-0.3, -0.25) is 4.79 Å². The lowest BCUT2D eigenvalue weighted by Crippen LogP contribution is -2.08. The molecule has 0 aliphatic carbocycles. The minimum absolute atomic E-state index is 0.0274. The van der Waals surface area contributed by atoms with Gasteiger partial charge in [0.05, 0.1) is 0 Å². The van der Waals surface area contributed by atoms with Crippen LogP contribution in [0.25, 0.3) is 11.5 Å². The highest BCUT2D eigenvalue weighted by Gasteiger charge is 2.13. The standard InChI is InChI=1S/C17H11BrClFN2O3S/c18-12-4-1-11(14(20)7-12)8-24-15(23)9-26-17-22-21-16(25-17)10-2-5-13(19)6-3-10/h1-7H,8-9H2. The van der Waals surface area contributed by atoms with E-state index in [9.17, 15) is 9.18 Å². The molecule has 26 heavy (non-hydrogen) atoms. The number of nitrogens with zero attached hydrogens (tertiary/aromatic N) is 2. The van der Waals surface area contributed by atoms with Crippen LogP contribution in [0.5, 0.6) is 0 Å². The van der Waals surface area contributed by atoms with Crippen molar-refractivity contribution in [2.75, 3.05) is 5.75 Å². The summed E-state index contributed by atoms with van der Waals surface area (Å²) in [5.41, 5.74) is 1.02. The van der Waals surface area contributed by atoms with Crippen LogP contribution >= 0.6 is 39.3 Å². The van der Waals surface area contributed by atoms with Crippen molar-refractivity contribution in [3.05, 3.63) is 63.3 Å². The number of hydrogen-bond acceptors (Lipinski definition) is 6. The number of carbonyl (C=O) groups excluding carboxylic acids is 1. The molecule has 0 unspecified atom stereocenters. The molecular formula is C17H11BrClFN2O3S. The molecule has 0 N–H and O–H groups in total. The zero-order valence-electron chi connectivity index (χ0n) is 13.1. The fourth-order valence-corrected chi connectivity index (χ4v) is 2.96. The highest BCUT2D eigenvalue weighted by atomic mass is 79.9. The Hall–Kier alpha value is -1.90. The quantitative estimate of drug-likeness (QED) is 0.378. The zero-order valence-corrected chi connectivity index (χ0v) is 16.3. The highest BCUT2D eigenvalue weighted by molar-refractivity contribution is 9.10. The monoisotopic (exact) mass is 456 g/mol. The molecule has 134 valence electrons. The van der Waals surface area contributed by atoms with Gasteiger partial charge in [-0.2, -0.15) is 0 Å². The average molecular weight is 458 g/mol. The Kier molecular flexibility index (Phi) is 6.29. The number of aromatic nitrogens is 2. The molecule has 5 nitrogen and oxygen atoms in total. The number of carbonyl (C=O) groups is 1. The van der Waals surface area contributed by atoms with Gasteiger partial charge in [-0.25, -0.2) is 4.39 Å². The summed E-state index contributed by atoms with van der Waals surface area (Å²) in [6.45, 7) is -0.141. The van der Waals surface area contributed by atoms with Crippen LogP contribution < -0.4 is 0 Å². The molecule has 0 fully saturated rings. The van der Waals surface area contributed by atoms with Gasteiger partial charge < -0.3 is 9.15 Å². The molecule has 3 aromatic rings. The van der Waals surface area contributed by atoms with Crippen LogP contribution in [0.15, 0.2) is 56.6 Å². The molecule has 0 saturated carbocycles. The molecule has 0 aliphatic heterocycles. The Morgan fingerprint density at radius 1 is 1.23 bits per heavy atom. The first kappa shape index (κ1) is 18.9. The van der Waals surface area contributed by atoms with Gasteiger partial charge >= 0.3 is 5.97 Å². The summed E-state index contributed by atoms with van der Waals surface area (Å²) in [5.74, 6) is -0.650. The predicted molar refractivity (Wildman–Crippen MR) is 99.4 cm³/mol. The molecule has 0 atom stereocenters. The van der Waals surface area contributed by atoms with Crippen LogP contribution in [0.2, 0.25) is 5.02 Å². The van der Waals surface area contributed by atoms with Gasteiger partial charge in [0.1, 0.15) is 18.2 Å². The summed E-state index contributed by atoms with van der Waals surface area (Å²) in [5, 5.41) is 8.63. The number of esters is 1. The third-order valence-corrected chi connectivity index (χ3v) is 4.75. The molecule has 3 rings (SSSR count). The number of rotatable bonds is 6. The minimum atomic E-state index is -0.511. The van der Waals surface area contributed by atoms with Gasteiger partial charge in [-0.05, 0) is 36.4 Å². The molecule has 0 spiro atoms. The van der Waals surface area contributed by atoms with Crippen molar-refractivity contribution >= 4 is 45.3 Å². The van der Waals surface area contributed by atoms with Crippen LogP contribution in [0, 0.1) is 5.82 Å². The largest absolute Gasteiger partial charge is 0.460 e. The van der Waals surface area contributed by atoms with Crippen LogP contribution in [0.3, 0.4) is 0 Å². The molecule has 1 heterocycles. The molecule has 2 aromatic carbocycles. The van der Waals surface area contributed by atoms with E-state index >= 15 is 0 Å². The molecule has 0 radical (unpaired) electrons. The first-order valence-corrected chi connectivity index (χ1v) is 9.49. The molecule has 0 saturated heterocycles. The van der Waals surface area contributed by atoms with Gasteiger partial charge in [-0.1, -0.05) is 45.4 Å². The highest BCUT2D eigenvalue weighted by Crippen LogP contribution is 2.24. The van der Waals surface area contributed by atoms with Crippen molar-refractivity contribution in [3.8, 4) is 11.5 Å². The smallest absolute Gasteiger partial charge is 0.316 e. The first-order chi connectivity index (χ1) is 12.5. The number of ether oxygens (including phenoxy) is 1. The fraction of sp³-hybridized carbons (Fsp3) is 0.118. The van der Waals surface area contributed by atoms with Crippen molar-refractivity contribution in [2.24, 2.45) is 0 Å². The van der Waals surface area contributed by atoms with Crippen LogP contribution in [-0.2, 0) is 16.1 Å². The van der Waals surface area contributed by atoms with E-state index in [4.69, 9.17) is 20.8 Å². The van der Waals surface area contributed by atoms with Gasteiger partial charge in [0, 0.05) is 20.6 Å². The van der Waals surface area contributed by atoms with Crippen LogP contribution in [0.4, 0.5) is 4.39 Å². The topological polar surface area (TPSA) is 65.2 Å². The SMILES string of the molecule is O=C(CSc1nnc(-c2ccc(Cl)cc2)o1)OCc1ccc(Br)cc1F. The van der Waals surface area contributed by atoms with Crippen molar-refractivity contribution in [2.45, 2.75) is 11.8 Å². The maximum Gasteiger partial charge on any atom is 0.316 e. The average Bonchev–Trinajstić information content (AvgIpc) is 3.09. The number of hydrogen-bond donors (Lipinski definition) is 0. The van der Waals surface area contributed by atoms with Crippen LogP contribution in [0.1, 0.15) is 5.56 Å². The van der Waals surface area contributed by atoms with E-state index in [1.165, 1.54) is 6.07 Å². The molecule has 9 heteroatoms. The van der Waals surface area contributed by atoms with Crippen molar-refractivity contribution in [3.63, 3.8) is 0 Å². The Morgan fingerprint density at radius 2 is 2.00 bits per heavy atom. The van der Waals surface area contributed by atoms with Gasteiger partial charge in [0.2, 0.25) is 5.89 Å². The lowest BCUT2D eigenvalue weighted by atomic mass is 10.2. The van der Waals surface area contributed by atoms with E-state index in [0.29, 0.717) is 20.9 Å². The van der Waals surface area contributed by atoms with Crippen molar-refractivity contribution in [1.82, 2.24) is 10.2 Å². The second kappa shape index (κ2) is 8.66. The Labute approximate surface area is 166 Å². The summed E-state index contributed by atoms with van der Waals surface area (Å²) < 4.78 is 24.8. The summed E-state index contributed by atoms with van der Waals surface area (Å²) in [6.07, 6.45) is 0. The van der Waals surface area contributed by atoms with E-state index in [2.05, 4.69) is 26.1 Å². The second-order valence-electron chi connectivity index (χ2n) is 5.07. The van der Waals surface area contributed by atoms with Crippen LogP contribution in [-0.4, -0.2) is 21.9 Å². The van der Waals surface area contributed by atoms with Gasteiger partial charge in [-0.15, -0.1) is 10.2 Å². The molecular weight excluding hydrogens is 447 g/mol. The van der Waals surface area contributed by atoms with E-state index < -0.39 is 11.8 Å². The van der Waals surface area contributed by atoms with Gasteiger partial charge in [0.15, 0.2) is 0 Å². The molecule has 0 bridgehead atoms. The summed E-state index contributed by atoms with van der Waals surface area (Å²) >= 11 is 10.0. The number of thioether (sulfide) groups is 1. The Balaban J connectivity index is 1.51. The fourth-order valence-electron chi connectivity index (χ4n) is 1.94. The van der Waals surface area contributed by atoms with Gasteiger partial charge in [0.25, 0.3) is 5.22 Å². The number of benzene rings is 2. The van der Waals surface area contributed by atoms with E-state index in [-0.39, 0.29) is 17.6 Å². The lowest BCUT2D eigenvalue weighted by Gasteiger charge is -2.05.